The van der Waals surface area contributed by atoms with Gasteiger partial charge in [-0.1, -0.05) is 30.0 Å². The number of ether oxygens (including phenoxy) is 2. The van der Waals surface area contributed by atoms with Gasteiger partial charge in [0.1, 0.15) is 17.6 Å². The highest BCUT2D eigenvalue weighted by atomic mass is 16.5. The Kier molecular flexibility index (Phi) is 5.29. The zero-order valence-corrected chi connectivity index (χ0v) is 16.5. The number of aliphatic hydroxyl groups is 1. The van der Waals surface area contributed by atoms with E-state index in [9.17, 15) is 9.90 Å². The normalized spacial score (nSPS) is 14.5. The van der Waals surface area contributed by atoms with Gasteiger partial charge in [-0.15, -0.1) is 0 Å². The second-order valence-electron chi connectivity index (χ2n) is 6.65. The number of carbonyl (C=O) groups is 1. The zero-order chi connectivity index (χ0) is 21.1. The lowest BCUT2D eigenvalue weighted by atomic mass is 9.99. The number of amides is 1. The summed E-state index contributed by atoms with van der Waals surface area (Å²) >= 11 is 0. The summed E-state index contributed by atoms with van der Waals surface area (Å²) in [6.45, 7) is 0. The summed E-state index contributed by atoms with van der Waals surface area (Å²) in [5, 5.41) is 13.3. The van der Waals surface area contributed by atoms with Gasteiger partial charge in [-0.3, -0.25) is 4.79 Å². The first-order valence-corrected chi connectivity index (χ1v) is 9.32. The van der Waals surface area contributed by atoms with Crippen molar-refractivity contribution in [2.75, 3.05) is 19.5 Å². The Morgan fingerprint density at radius 1 is 1.07 bits per heavy atom. The number of hydrogen-bond acceptors (Lipinski definition) is 4. The van der Waals surface area contributed by atoms with Crippen LogP contribution in [0.5, 0.6) is 11.5 Å². The van der Waals surface area contributed by atoms with E-state index in [2.05, 4.69) is 22.1 Å². The second-order valence-corrected chi connectivity index (χ2v) is 6.65. The lowest BCUT2D eigenvalue weighted by Gasteiger charge is -2.06. The van der Waals surface area contributed by atoms with Crippen molar-refractivity contribution in [2.24, 2.45) is 0 Å². The molecule has 0 aliphatic carbocycles. The Labute approximate surface area is 174 Å². The maximum Gasteiger partial charge on any atom is 0.256 e. The second kappa shape index (κ2) is 8.19. The Balaban J connectivity index is 1.70. The molecule has 2 aromatic carbocycles. The van der Waals surface area contributed by atoms with Gasteiger partial charge in [-0.05, 0) is 42.0 Å². The molecule has 0 saturated heterocycles. The minimum atomic E-state index is -0.965. The molecular formula is C24H20N2O4. The summed E-state index contributed by atoms with van der Waals surface area (Å²) < 4.78 is 10.5. The van der Waals surface area contributed by atoms with E-state index in [0.717, 1.165) is 0 Å². The number of methoxy groups -OCH3 is 2. The van der Waals surface area contributed by atoms with Crippen molar-refractivity contribution in [1.82, 2.24) is 4.98 Å². The molecule has 150 valence electrons. The Hall–Kier alpha value is -3.95. The van der Waals surface area contributed by atoms with Crippen molar-refractivity contribution in [2.45, 2.75) is 6.10 Å². The van der Waals surface area contributed by atoms with Crippen LogP contribution in [0.3, 0.4) is 0 Å². The average molecular weight is 400 g/mol. The maximum atomic E-state index is 12.6. The summed E-state index contributed by atoms with van der Waals surface area (Å²) in [7, 11) is 3.16. The van der Waals surface area contributed by atoms with Crippen LogP contribution in [-0.4, -0.2) is 30.2 Å². The molecule has 0 bridgehead atoms. The molecule has 3 N–H and O–H groups in total. The minimum absolute atomic E-state index is 0.216. The molecule has 1 atom stereocenters. The van der Waals surface area contributed by atoms with Gasteiger partial charge in [0.05, 0.1) is 31.2 Å². The Bertz CT molecular complexity index is 1180. The molecule has 3 aromatic rings. The van der Waals surface area contributed by atoms with Gasteiger partial charge in [0.2, 0.25) is 0 Å². The van der Waals surface area contributed by atoms with Gasteiger partial charge in [-0.2, -0.15) is 0 Å². The number of anilines is 1. The molecule has 30 heavy (non-hydrogen) atoms. The quantitative estimate of drug-likeness (QED) is 0.462. The summed E-state index contributed by atoms with van der Waals surface area (Å²) in [5.41, 5.74) is 3.87. The molecule has 6 nitrogen and oxygen atoms in total. The number of aliphatic hydroxyl groups excluding tert-OH is 1. The first kappa shape index (κ1) is 19.4. The van der Waals surface area contributed by atoms with E-state index in [-0.39, 0.29) is 5.91 Å². The van der Waals surface area contributed by atoms with Crippen molar-refractivity contribution in [1.29, 1.82) is 0 Å². The van der Waals surface area contributed by atoms with E-state index >= 15 is 0 Å². The average Bonchev–Trinajstić information content (AvgIpc) is 3.36. The summed E-state index contributed by atoms with van der Waals surface area (Å²) in [5.74, 6) is 7.02. The molecule has 4 rings (SSSR count). The number of benzene rings is 2. The standard InChI is InChI=1S/C24H20N2O4/c1-29-17-9-6-15(7-10-17)21(27)11-8-16-4-3-5-19-23(16)18(24(28)26-19)14-20-22(30-2)12-13-25-20/h3-7,9-10,12-14,21,25,27H,1-2H3,(H,26,28). The van der Waals surface area contributed by atoms with E-state index in [0.29, 0.717) is 45.1 Å². The zero-order valence-electron chi connectivity index (χ0n) is 16.5. The third-order valence-corrected chi connectivity index (χ3v) is 4.85. The fourth-order valence-corrected chi connectivity index (χ4v) is 3.31. The number of rotatable bonds is 4. The SMILES string of the molecule is COc1ccc(C(O)C#Cc2cccc3c2C(=Cc2[nH]ccc2OC)C(=O)N3)cc1. The smallest absolute Gasteiger partial charge is 0.256 e. The van der Waals surface area contributed by atoms with E-state index in [4.69, 9.17) is 9.47 Å². The van der Waals surface area contributed by atoms with Crippen LogP contribution in [0.25, 0.3) is 11.6 Å². The van der Waals surface area contributed by atoms with Gasteiger partial charge < -0.3 is 24.9 Å². The van der Waals surface area contributed by atoms with E-state index < -0.39 is 6.10 Å². The van der Waals surface area contributed by atoms with Crippen LogP contribution in [0.2, 0.25) is 0 Å². The first-order valence-electron chi connectivity index (χ1n) is 9.32. The molecule has 2 heterocycles. The van der Waals surface area contributed by atoms with Crippen LogP contribution in [0.4, 0.5) is 5.69 Å². The lowest BCUT2D eigenvalue weighted by Crippen LogP contribution is -2.03. The van der Waals surface area contributed by atoms with Crippen LogP contribution < -0.4 is 14.8 Å². The molecule has 1 unspecified atom stereocenters. The van der Waals surface area contributed by atoms with Crippen LogP contribution in [0, 0.1) is 11.8 Å². The number of hydrogen-bond donors (Lipinski definition) is 3. The highest BCUT2D eigenvalue weighted by molar-refractivity contribution is 6.35. The Morgan fingerprint density at radius 3 is 2.60 bits per heavy atom. The fourth-order valence-electron chi connectivity index (χ4n) is 3.31. The van der Waals surface area contributed by atoms with Gasteiger partial charge in [0, 0.05) is 17.3 Å². The van der Waals surface area contributed by atoms with Gasteiger partial charge in [-0.25, -0.2) is 0 Å². The number of aromatic nitrogens is 1. The number of carbonyl (C=O) groups excluding carboxylic acids is 1. The summed E-state index contributed by atoms with van der Waals surface area (Å²) in [4.78, 5) is 15.7. The molecule has 1 aliphatic heterocycles. The van der Waals surface area contributed by atoms with E-state index in [1.54, 1.807) is 56.8 Å². The maximum absolute atomic E-state index is 12.6. The topological polar surface area (TPSA) is 83.6 Å². The van der Waals surface area contributed by atoms with Crippen molar-refractivity contribution in [3.8, 4) is 23.3 Å². The number of aromatic amines is 1. The molecule has 6 heteroatoms. The predicted octanol–water partition coefficient (Wildman–Crippen LogP) is 3.61. The molecule has 1 amide bonds. The van der Waals surface area contributed by atoms with Crippen LogP contribution in [0.1, 0.15) is 28.5 Å². The van der Waals surface area contributed by atoms with Crippen molar-refractivity contribution >= 4 is 23.2 Å². The fraction of sp³-hybridized carbons (Fsp3) is 0.125. The van der Waals surface area contributed by atoms with Crippen molar-refractivity contribution in [3.05, 3.63) is 77.1 Å². The van der Waals surface area contributed by atoms with E-state index in [1.165, 1.54) is 0 Å². The minimum Gasteiger partial charge on any atom is -0.497 e. The predicted molar refractivity (Wildman–Crippen MR) is 115 cm³/mol. The molecule has 0 radical (unpaired) electrons. The molecular weight excluding hydrogens is 380 g/mol. The third kappa shape index (κ3) is 3.66. The largest absolute Gasteiger partial charge is 0.497 e. The molecule has 0 spiro atoms. The third-order valence-electron chi connectivity index (χ3n) is 4.85. The number of nitrogens with one attached hydrogen (secondary N) is 2. The van der Waals surface area contributed by atoms with Crippen LogP contribution in [0.15, 0.2) is 54.7 Å². The highest BCUT2D eigenvalue weighted by Gasteiger charge is 2.27. The van der Waals surface area contributed by atoms with Gasteiger partial charge in [0.15, 0.2) is 0 Å². The summed E-state index contributed by atoms with van der Waals surface area (Å²) in [6, 6.07) is 14.3. The van der Waals surface area contributed by atoms with Gasteiger partial charge >= 0.3 is 0 Å². The molecule has 0 saturated carbocycles. The molecule has 1 aromatic heterocycles. The lowest BCUT2D eigenvalue weighted by molar-refractivity contribution is -0.110. The van der Waals surface area contributed by atoms with Crippen LogP contribution in [-0.2, 0) is 4.79 Å². The number of H-pyrrole nitrogens is 1. The highest BCUT2D eigenvalue weighted by Crippen LogP contribution is 2.36. The van der Waals surface area contributed by atoms with Gasteiger partial charge in [0.25, 0.3) is 5.91 Å². The first-order chi connectivity index (χ1) is 14.6. The van der Waals surface area contributed by atoms with Crippen molar-refractivity contribution < 1.29 is 19.4 Å². The Morgan fingerprint density at radius 2 is 1.87 bits per heavy atom. The molecule has 0 fully saturated rings. The van der Waals surface area contributed by atoms with Crippen LogP contribution >= 0.6 is 0 Å². The number of fused-ring (bicyclic) bond motifs is 1. The summed E-state index contributed by atoms with van der Waals surface area (Å²) in [6.07, 6.45) is 2.52. The van der Waals surface area contributed by atoms with E-state index in [1.807, 2.05) is 18.2 Å². The molecule has 1 aliphatic rings. The van der Waals surface area contributed by atoms with Crippen molar-refractivity contribution in [3.63, 3.8) is 0 Å². The monoisotopic (exact) mass is 400 g/mol.